The van der Waals surface area contributed by atoms with E-state index in [1.165, 1.54) is 12.1 Å². The molecule has 2 aromatic rings. The highest BCUT2D eigenvalue weighted by molar-refractivity contribution is 5.91. The van der Waals surface area contributed by atoms with Gasteiger partial charge in [0.25, 0.3) is 5.56 Å². The summed E-state index contributed by atoms with van der Waals surface area (Å²) in [7, 11) is 0. The lowest BCUT2D eigenvalue weighted by atomic mass is 10.1. The summed E-state index contributed by atoms with van der Waals surface area (Å²) >= 11 is 0. The summed E-state index contributed by atoms with van der Waals surface area (Å²) in [5.74, 6) is -0.446. The van der Waals surface area contributed by atoms with E-state index in [1.54, 1.807) is 26.0 Å². The van der Waals surface area contributed by atoms with Gasteiger partial charge >= 0.3 is 5.97 Å². The fourth-order valence-electron chi connectivity index (χ4n) is 1.67. The molecule has 0 aliphatic heterocycles. The zero-order valence-electron chi connectivity index (χ0n) is 10.4. The first-order valence-corrected chi connectivity index (χ1v) is 5.56. The molecule has 0 atom stereocenters. The molecule has 6 heteroatoms. The fourth-order valence-corrected chi connectivity index (χ4v) is 1.67. The first kappa shape index (κ1) is 12.8. The van der Waals surface area contributed by atoms with E-state index < -0.39 is 5.97 Å². The lowest BCUT2D eigenvalue weighted by Crippen LogP contribution is -2.09. The van der Waals surface area contributed by atoms with Crippen molar-refractivity contribution in [1.82, 2.24) is 9.97 Å². The van der Waals surface area contributed by atoms with E-state index in [2.05, 4.69) is 9.97 Å². The van der Waals surface area contributed by atoms with Crippen LogP contribution in [0, 0.1) is 13.8 Å². The number of nitrogens with zero attached hydrogens (tertiary/aromatic N) is 1. The molecule has 2 N–H and O–H groups in total. The molecule has 0 saturated heterocycles. The maximum Gasteiger partial charge on any atom is 0.339 e. The molecule has 1 heterocycles. The maximum atomic E-state index is 11.3. The Kier molecular flexibility index (Phi) is 3.33. The van der Waals surface area contributed by atoms with E-state index >= 15 is 0 Å². The van der Waals surface area contributed by atoms with Crippen molar-refractivity contribution < 1.29 is 14.6 Å². The van der Waals surface area contributed by atoms with Gasteiger partial charge in [-0.15, -0.1) is 0 Å². The number of aromatic amines is 1. The zero-order valence-corrected chi connectivity index (χ0v) is 10.4. The third kappa shape index (κ3) is 2.79. The average Bonchev–Trinajstić information content (AvgIpc) is 2.30. The Morgan fingerprint density at radius 2 is 2.11 bits per heavy atom. The number of aryl methyl sites for hydroxylation is 2. The molecule has 98 valence electrons. The summed E-state index contributed by atoms with van der Waals surface area (Å²) in [5, 5.41) is 9.11. The molecule has 0 amide bonds. The third-order valence-electron chi connectivity index (χ3n) is 2.49. The van der Waals surface area contributed by atoms with Crippen LogP contribution < -0.4 is 10.3 Å². The molecule has 0 radical (unpaired) electrons. The monoisotopic (exact) mass is 260 g/mol. The minimum Gasteiger partial charge on any atom is -0.478 e. The van der Waals surface area contributed by atoms with E-state index in [9.17, 15) is 9.59 Å². The van der Waals surface area contributed by atoms with Crippen molar-refractivity contribution in [3.05, 3.63) is 51.6 Å². The van der Waals surface area contributed by atoms with Gasteiger partial charge in [-0.2, -0.15) is 0 Å². The van der Waals surface area contributed by atoms with Gasteiger partial charge in [0.1, 0.15) is 17.1 Å². The number of H-pyrrole nitrogens is 1. The normalized spacial score (nSPS) is 10.2. The number of hydrogen-bond donors (Lipinski definition) is 2. The van der Waals surface area contributed by atoms with Crippen LogP contribution in [-0.4, -0.2) is 21.0 Å². The number of aromatic nitrogens is 2. The molecule has 1 aromatic carbocycles. The molecule has 19 heavy (non-hydrogen) atoms. The summed E-state index contributed by atoms with van der Waals surface area (Å²) in [4.78, 5) is 28.9. The van der Waals surface area contributed by atoms with Crippen LogP contribution in [0.25, 0.3) is 0 Å². The molecule has 0 fully saturated rings. The summed E-state index contributed by atoms with van der Waals surface area (Å²) < 4.78 is 5.45. The van der Waals surface area contributed by atoms with Crippen LogP contribution in [0.1, 0.15) is 21.7 Å². The fraction of sp³-hybridized carbons (Fsp3) is 0.154. The van der Waals surface area contributed by atoms with Crippen LogP contribution in [0.2, 0.25) is 0 Å². The second kappa shape index (κ2) is 4.93. The van der Waals surface area contributed by atoms with Gasteiger partial charge in [-0.3, -0.25) is 4.79 Å². The van der Waals surface area contributed by atoms with Crippen molar-refractivity contribution in [1.29, 1.82) is 0 Å². The van der Waals surface area contributed by atoms with Crippen molar-refractivity contribution in [3.63, 3.8) is 0 Å². The van der Waals surface area contributed by atoms with Crippen LogP contribution in [0.15, 0.2) is 29.1 Å². The van der Waals surface area contributed by atoms with E-state index in [0.29, 0.717) is 11.4 Å². The molecule has 2 rings (SSSR count). The van der Waals surface area contributed by atoms with Gasteiger partial charge < -0.3 is 14.8 Å². The van der Waals surface area contributed by atoms with Gasteiger partial charge in [0.05, 0.1) is 6.07 Å². The number of aromatic carboxylic acids is 1. The molecule has 0 spiro atoms. The van der Waals surface area contributed by atoms with Crippen LogP contribution in [0.4, 0.5) is 0 Å². The van der Waals surface area contributed by atoms with Crippen molar-refractivity contribution in [2.24, 2.45) is 0 Å². The number of carboxylic acid groups (broad SMARTS) is 1. The van der Waals surface area contributed by atoms with Crippen molar-refractivity contribution in [3.8, 4) is 11.6 Å². The van der Waals surface area contributed by atoms with Gasteiger partial charge in [-0.05, 0) is 25.5 Å². The Hall–Kier alpha value is -2.63. The van der Waals surface area contributed by atoms with Gasteiger partial charge in [-0.1, -0.05) is 12.1 Å². The molecule has 0 aliphatic carbocycles. The van der Waals surface area contributed by atoms with E-state index in [-0.39, 0.29) is 22.8 Å². The number of rotatable bonds is 3. The molecule has 0 bridgehead atoms. The number of benzene rings is 1. The molecule has 0 aliphatic rings. The lowest BCUT2D eigenvalue weighted by Gasteiger charge is -2.10. The van der Waals surface area contributed by atoms with Gasteiger partial charge in [-0.25, -0.2) is 9.78 Å². The van der Waals surface area contributed by atoms with E-state index in [1.807, 2.05) is 0 Å². The predicted octanol–water partition coefficient (Wildman–Crippen LogP) is 1.88. The maximum absolute atomic E-state index is 11.3. The number of ether oxygens (including phenoxy) is 1. The van der Waals surface area contributed by atoms with Crippen LogP contribution in [-0.2, 0) is 0 Å². The second-order valence-corrected chi connectivity index (χ2v) is 4.03. The van der Waals surface area contributed by atoms with E-state index in [4.69, 9.17) is 9.84 Å². The van der Waals surface area contributed by atoms with Crippen molar-refractivity contribution in [2.45, 2.75) is 13.8 Å². The van der Waals surface area contributed by atoms with Gasteiger partial charge in [0, 0.05) is 0 Å². The predicted molar refractivity (Wildman–Crippen MR) is 67.8 cm³/mol. The number of carbonyl (C=O) groups is 1. The number of nitrogens with one attached hydrogen (secondary N) is 1. The molecular weight excluding hydrogens is 248 g/mol. The first-order chi connectivity index (χ1) is 8.97. The first-order valence-electron chi connectivity index (χ1n) is 5.56. The zero-order chi connectivity index (χ0) is 14.0. The summed E-state index contributed by atoms with van der Waals surface area (Å²) in [6, 6.07) is 5.96. The van der Waals surface area contributed by atoms with Gasteiger partial charge in [0.15, 0.2) is 0 Å². The Bertz CT molecular complexity index is 691. The summed E-state index contributed by atoms with van der Waals surface area (Å²) in [6.07, 6.45) is 0. The highest BCUT2D eigenvalue weighted by Gasteiger charge is 2.15. The number of hydrogen-bond acceptors (Lipinski definition) is 4. The lowest BCUT2D eigenvalue weighted by molar-refractivity contribution is 0.0694. The second-order valence-electron chi connectivity index (χ2n) is 4.03. The smallest absolute Gasteiger partial charge is 0.339 e. The highest BCUT2D eigenvalue weighted by Crippen LogP contribution is 2.27. The average molecular weight is 260 g/mol. The van der Waals surface area contributed by atoms with Crippen molar-refractivity contribution in [2.75, 3.05) is 0 Å². The highest BCUT2D eigenvalue weighted by atomic mass is 16.5. The van der Waals surface area contributed by atoms with Crippen LogP contribution >= 0.6 is 0 Å². The van der Waals surface area contributed by atoms with Gasteiger partial charge in [0.2, 0.25) is 5.88 Å². The quantitative estimate of drug-likeness (QED) is 0.878. The molecule has 0 saturated carbocycles. The third-order valence-corrected chi connectivity index (χ3v) is 2.49. The standard InChI is InChI=1S/C13H12N2O4/c1-7-4-3-5-9(13(17)18)12(7)19-11-6-10(16)14-8(2)15-11/h3-6H,1-2H3,(H,17,18)(H,14,15,16). The molecule has 0 unspecified atom stereocenters. The van der Waals surface area contributed by atoms with Crippen LogP contribution in [0.3, 0.4) is 0 Å². The Balaban J connectivity index is 2.48. The minimum atomic E-state index is -1.10. The van der Waals surface area contributed by atoms with Crippen LogP contribution in [0.5, 0.6) is 11.6 Å². The molecular formula is C13H12N2O4. The Morgan fingerprint density at radius 1 is 1.37 bits per heavy atom. The topological polar surface area (TPSA) is 92.3 Å². The van der Waals surface area contributed by atoms with E-state index in [0.717, 1.165) is 0 Å². The number of para-hydroxylation sites is 1. The minimum absolute atomic E-state index is 0.0275. The SMILES string of the molecule is Cc1nc(Oc2c(C)cccc2C(=O)O)cc(=O)[nH]1. The summed E-state index contributed by atoms with van der Waals surface area (Å²) in [5.41, 5.74) is 0.326. The number of carboxylic acids is 1. The Labute approximate surface area is 108 Å². The largest absolute Gasteiger partial charge is 0.478 e. The summed E-state index contributed by atoms with van der Waals surface area (Å²) in [6.45, 7) is 3.34. The van der Waals surface area contributed by atoms with Crippen molar-refractivity contribution >= 4 is 5.97 Å². The Morgan fingerprint density at radius 3 is 2.74 bits per heavy atom. The molecule has 6 nitrogen and oxygen atoms in total. The molecule has 1 aromatic heterocycles.